The third-order valence-electron chi connectivity index (χ3n) is 2.30. The SMILES string of the molecule is COCC(O)c1ccccc1C(C)C. The van der Waals surface area contributed by atoms with Crippen LogP contribution in [-0.2, 0) is 4.74 Å². The monoisotopic (exact) mass is 194 g/mol. The molecule has 1 atom stereocenters. The molecule has 0 heterocycles. The van der Waals surface area contributed by atoms with Crippen LogP contribution in [0, 0.1) is 0 Å². The van der Waals surface area contributed by atoms with Gasteiger partial charge in [0.1, 0.15) is 6.10 Å². The highest BCUT2D eigenvalue weighted by molar-refractivity contribution is 5.31. The lowest BCUT2D eigenvalue weighted by Crippen LogP contribution is -2.08. The summed E-state index contributed by atoms with van der Waals surface area (Å²) in [4.78, 5) is 0. The van der Waals surface area contributed by atoms with Crippen molar-refractivity contribution in [1.82, 2.24) is 0 Å². The van der Waals surface area contributed by atoms with Gasteiger partial charge in [0.25, 0.3) is 0 Å². The van der Waals surface area contributed by atoms with E-state index >= 15 is 0 Å². The van der Waals surface area contributed by atoms with Gasteiger partial charge in [-0.15, -0.1) is 0 Å². The predicted octanol–water partition coefficient (Wildman–Crippen LogP) is 2.49. The number of aliphatic hydroxyl groups is 1. The van der Waals surface area contributed by atoms with Gasteiger partial charge in [-0.2, -0.15) is 0 Å². The topological polar surface area (TPSA) is 29.5 Å². The molecular weight excluding hydrogens is 176 g/mol. The number of hydrogen-bond acceptors (Lipinski definition) is 2. The molecule has 1 rings (SSSR count). The Bertz CT molecular complexity index is 281. The van der Waals surface area contributed by atoms with E-state index in [0.717, 1.165) is 5.56 Å². The molecule has 1 aromatic carbocycles. The Balaban J connectivity index is 2.94. The van der Waals surface area contributed by atoms with E-state index in [9.17, 15) is 5.11 Å². The molecule has 0 aliphatic heterocycles. The van der Waals surface area contributed by atoms with E-state index in [1.165, 1.54) is 5.56 Å². The zero-order chi connectivity index (χ0) is 10.6. The maximum atomic E-state index is 9.83. The van der Waals surface area contributed by atoms with Crippen molar-refractivity contribution < 1.29 is 9.84 Å². The Morgan fingerprint density at radius 3 is 2.29 bits per heavy atom. The summed E-state index contributed by atoms with van der Waals surface area (Å²) >= 11 is 0. The number of ether oxygens (including phenoxy) is 1. The minimum absolute atomic E-state index is 0.351. The van der Waals surface area contributed by atoms with Crippen LogP contribution in [0.25, 0.3) is 0 Å². The molecule has 0 aliphatic carbocycles. The van der Waals surface area contributed by atoms with E-state index in [4.69, 9.17) is 4.74 Å². The molecule has 0 saturated heterocycles. The van der Waals surface area contributed by atoms with Crippen LogP contribution in [-0.4, -0.2) is 18.8 Å². The fraction of sp³-hybridized carbons (Fsp3) is 0.500. The second kappa shape index (κ2) is 5.13. The first kappa shape index (κ1) is 11.2. The van der Waals surface area contributed by atoms with E-state index in [1.54, 1.807) is 7.11 Å². The summed E-state index contributed by atoms with van der Waals surface area (Å²) in [6, 6.07) is 7.95. The second-order valence-electron chi connectivity index (χ2n) is 3.75. The summed E-state index contributed by atoms with van der Waals surface area (Å²) < 4.78 is 4.94. The van der Waals surface area contributed by atoms with Crippen molar-refractivity contribution in [2.24, 2.45) is 0 Å². The van der Waals surface area contributed by atoms with Crippen molar-refractivity contribution >= 4 is 0 Å². The van der Waals surface area contributed by atoms with Crippen molar-refractivity contribution in [3.63, 3.8) is 0 Å². The molecule has 78 valence electrons. The molecule has 1 N–H and O–H groups in total. The first-order valence-electron chi connectivity index (χ1n) is 4.92. The molecule has 1 unspecified atom stereocenters. The third-order valence-corrected chi connectivity index (χ3v) is 2.30. The lowest BCUT2D eigenvalue weighted by atomic mass is 9.94. The zero-order valence-corrected chi connectivity index (χ0v) is 9.03. The first-order chi connectivity index (χ1) is 6.66. The quantitative estimate of drug-likeness (QED) is 0.798. The van der Waals surface area contributed by atoms with Gasteiger partial charge in [-0.25, -0.2) is 0 Å². The van der Waals surface area contributed by atoms with Gasteiger partial charge in [0.05, 0.1) is 6.61 Å². The van der Waals surface area contributed by atoms with Crippen LogP contribution in [0.15, 0.2) is 24.3 Å². The van der Waals surface area contributed by atoms with Crippen LogP contribution in [0.1, 0.15) is 37.0 Å². The highest BCUT2D eigenvalue weighted by Crippen LogP contribution is 2.24. The predicted molar refractivity (Wildman–Crippen MR) is 57.4 cm³/mol. The van der Waals surface area contributed by atoms with Crippen molar-refractivity contribution in [3.05, 3.63) is 35.4 Å². The summed E-state index contributed by atoms with van der Waals surface area (Å²) in [5.41, 5.74) is 2.17. The fourth-order valence-electron chi connectivity index (χ4n) is 1.59. The van der Waals surface area contributed by atoms with Gasteiger partial charge < -0.3 is 9.84 Å². The van der Waals surface area contributed by atoms with Crippen molar-refractivity contribution in [2.75, 3.05) is 13.7 Å². The lowest BCUT2D eigenvalue weighted by Gasteiger charge is -2.16. The second-order valence-corrected chi connectivity index (χ2v) is 3.75. The van der Waals surface area contributed by atoms with E-state index in [1.807, 2.05) is 18.2 Å². The number of methoxy groups -OCH3 is 1. The molecule has 0 aliphatic rings. The number of rotatable bonds is 4. The average Bonchev–Trinajstić information content (AvgIpc) is 2.18. The summed E-state index contributed by atoms with van der Waals surface area (Å²) in [6.07, 6.45) is -0.515. The van der Waals surface area contributed by atoms with E-state index < -0.39 is 6.10 Å². The van der Waals surface area contributed by atoms with Gasteiger partial charge in [0, 0.05) is 7.11 Å². The Hall–Kier alpha value is -0.860. The smallest absolute Gasteiger partial charge is 0.103 e. The Morgan fingerprint density at radius 2 is 1.79 bits per heavy atom. The minimum atomic E-state index is -0.515. The van der Waals surface area contributed by atoms with Crippen LogP contribution < -0.4 is 0 Å². The maximum Gasteiger partial charge on any atom is 0.103 e. The molecule has 0 amide bonds. The van der Waals surface area contributed by atoms with Crippen molar-refractivity contribution in [3.8, 4) is 0 Å². The summed E-state index contributed by atoms with van der Waals surface area (Å²) in [5.74, 6) is 0.428. The van der Waals surface area contributed by atoms with Gasteiger partial charge in [0.15, 0.2) is 0 Å². The van der Waals surface area contributed by atoms with E-state index in [-0.39, 0.29) is 0 Å². The molecule has 1 aromatic rings. The fourth-order valence-corrected chi connectivity index (χ4v) is 1.59. The molecule has 0 fully saturated rings. The van der Waals surface area contributed by atoms with Crippen LogP contribution in [0.3, 0.4) is 0 Å². The maximum absolute atomic E-state index is 9.83. The van der Waals surface area contributed by atoms with E-state index in [2.05, 4.69) is 19.9 Å². The lowest BCUT2D eigenvalue weighted by molar-refractivity contribution is 0.0637. The van der Waals surface area contributed by atoms with Gasteiger partial charge >= 0.3 is 0 Å². The van der Waals surface area contributed by atoms with Crippen LogP contribution >= 0.6 is 0 Å². The summed E-state index contributed by atoms with van der Waals surface area (Å²) in [7, 11) is 1.60. The van der Waals surface area contributed by atoms with Gasteiger partial charge in [0.2, 0.25) is 0 Å². The number of hydrogen-bond donors (Lipinski definition) is 1. The van der Waals surface area contributed by atoms with Gasteiger partial charge in [-0.05, 0) is 17.0 Å². The molecule has 2 heteroatoms. The van der Waals surface area contributed by atoms with Crippen LogP contribution in [0.2, 0.25) is 0 Å². The van der Waals surface area contributed by atoms with Crippen LogP contribution in [0.5, 0.6) is 0 Å². The average molecular weight is 194 g/mol. The minimum Gasteiger partial charge on any atom is -0.386 e. The van der Waals surface area contributed by atoms with Gasteiger partial charge in [-0.1, -0.05) is 38.1 Å². The Labute approximate surface area is 85.5 Å². The molecule has 0 bridgehead atoms. The molecule has 0 aromatic heterocycles. The van der Waals surface area contributed by atoms with Crippen molar-refractivity contribution in [1.29, 1.82) is 0 Å². The summed E-state index contributed by atoms with van der Waals surface area (Å²) in [6.45, 7) is 4.60. The molecule has 0 saturated carbocycles. The van der Waals surface area contributed by atoms with E-state index in [0.29, 0.717) is 12.5 Å². The highest BCUT2D eigenvalue weighted by atomic mass is 16.5. The molecule has 0 spiro atoms. The molecule has 14 heavy (non-hydrogen) atoms. The third kappa shape index (κ3) is 2.56. The summed E-state index contributed by atoms with van der Waals surface area (Å²) in [5, 5.41) is 9.83. The number of benzene rings is 1. The van der Waals surface area contributed by atoms with Crippen LogP contribution in [0.4, 0.5) is 0 Å². The van der Waals surface area contributed by atoms with Gasteiger partial charge in [-0.3, -0.25) is 0 Å². The first-order valence-corrected chi connectivity index (χ1v) is 4.92. The normalized spacial score (nSPS) is 13.2. The molecule has 0 radical (unpaired) electrons. The molecular formula is C12H18O2. The highest BCUT2D eigenvalue weighted by Gasteiger charge is 2.13. The Kier molecular flexibility index (Phi) is 4.11. The largest absolute Gasteiger partial charge is 0.386 e. The number of aliphatic hydroxyl groups excluding tert-OH is 1. The Morgan fingerprint density at radius 1 is 1.21 bits per heavy atom. The molecule has 2 nitrogen and oxygen atoms in total. The standard InChI is InChI=1S/C12H18O2/c1-9(2)10-6-4-5-7-11(10)12(13)8-14-3/h4-7,9,12-13H,8H2,1-3H3. The zero-order valence-electron chi connectivity index (χ0n) is 9.03. The van der Waals surface area contributed by atoms with Crippen molar-refractivity contribution in [2.45, 2.75) is 25.9 Å².